The topological polar surface area (TPSA) is 23.6 Å². The summed E-state index contributed by atoms with van der Waals surface area (Å²) in [5.41, 5.74) is 7.11. The van der Waals surface area contributed by atoms with Gasteiger partial charge in [0.15, 0.2) is 5.78 Å². The van der Waals surface area contributed by atoms with Crippen LogP contribution in [0.1, 0.15) is 33.5 Å². The molecule has 0 saturated carbocycles. The van der Waals surface area contributed by atoms with Crippen molar-refractivity contribution in [3.05, 3.63) is 131 Å². The third kappa shape index (κ3) is 5.87. The highest BCUT2D eigenvalue weighted by molar-refractivity contribution is 5.96. The lowest BCUT2D eigenvalue weighted by Crippen LogP contribution is -2.25. The SMILES string of the molecule is O=C(CCN(c1ccccc1)c1ccccc1)c1ccc2c(c1)CCN(Cc1ccccc1)CC2. The van der Waals surface area contributed by atoms with E-state index in [9.17, 15) is 4.79 Å². The Hall–Kier alpha value is -3.69. The number of rotatable bonds is 8. The van der Waals surface area contributed by atoms with Gasteiger partial charge in [-0.1, -0.05) is 78.9 Å². The average Bonchev–Trinajstić information content (AvgIpc) is 3.12. The Morgan fingerprint density at radius 2 is 1.26 bits per heavy atom. The van der Waals surface area contributed by atoms with Crippen LogP contribution in [-0.2, 0) is 19.4 Å². The van der Waals surface area contributed by atoms with Gasteiger partial charge >= 0.3 is 0 Å². The normalized spacial score (nSPS) is 13.6. The van der Waals surface area contributed by atoms with E-state index < -0.39 is 0 Å². The number of hydrogen-bond acceptors (Lipinski definition) is 3. The first-order valence-electron chi connectivity index (χ1n) is 12.6. The van der Waals surface area contributed by atoms with Crippen molar-refractivity contribution in [1.29, 1.82) is 0 Å². The average molecular weight is 461 g/mol. The van der Waals surface area contributed by atoms with E-state index in [4.69, 9.17) is 0 Å². The van der Waals surface area contributed by atoms with Gasteiger partial charge in [-0.05, 0) is 59.9 Å². The zero-order valence-corrected chi connectivity index (χ0v) is 20.1. The van der Waals surface area contributed by atoms with E-state index in [2.05, 4.69) is 76.5 Å². The Morgan fingerprint density at radius 3 is 1.89 bits per heavy atom. The van der Waals surface area contributed by atoms with Crippen molar-refractivity contribution in [3.63, 3.8) is 0 Å². The summed E-state index contributed by atoms with van der Waals surface area (Å²) >= 11 is 0. The molecule has 1 aliphatic rings. The highest BCUT2D eigenvalue weighted by Gasteiger charge is 2.17. The molecule has 0 bridgehead atoms. The number of fused-ring (bicyclic) bond motifs is 1. The van der Waals surface area contributed by atoms with Crippen LogP contribution < -0.4 is 4.90 Å². The standard InChI is InChI=1S/C32H32N2O/c35-32(20-23-34(30-12-6-2-7-13-30)31-14-8-3-9-15-31)29-17-16-27-18-21-33(22-19-28(27)24-29)25-26-10-4-1-5-11-26/h1-17,24H,18-23,25H2. The molecular formula is C32H32N2O. The summed E-state index contributed by atoms with van der Waals surface area (Å²) in [6.45, 7) is 3.71. The van der Waals surface area contributed by atoms with Crippen LogP contribution in [0.15, 0.2) is 109 Å². The van der Waals surface area contributed by atoms with Gasteiger partial charge in [-0.3, -0.25) is 9.69 Å². The summed E-state index contributed by atoms with van der Waals surface area (Å²) in [4.78, 5) is 18.0. The zero-order valence-electron chi connectivity index (χ0n) is 20.1. The molecule has 35 heavy (non-hydrogen) atoms. The minimum absolute atomic E-state index is 0.204. The molecule has 0 radical (unpaired) electrons. The smallest absolute Gasteiger partial charge is 0.164 e. The second-order valence-corrected chi connectivity index (χ2v) is 9.24. The van der Waals surface area contributed by atoms with E-state index in [1.54, 1.807) is 0 Å². The van der Waals surface area contributed by atoms with Gasteiger partial charge in [-0.2, -0.15) is 0 Å². The number of ketones is 1. The fourth-order valence-electron chi connectivity index (χ4n) is 4.93. The monoisotopic (exact) mass is 460 g/mol. The minimum Gasteiger partial charge on any atom is -0.341 e. The van der Waals surface area contributed by atoms with Crippen molar-refractivity contribution in [2.24, 2.45) is 0 Å². The molecule has 5 rings (SSSR count). The number of anilines is 2. The molecule has 3 heteroatoms. The Morgan fingerprint density at radius 1 is 0.686 bits per heavy atom. The molecule has 0 atom stereocenters. The predicted molar refractivity (Wildman–Crippen MR) is 144 cm³/mol. The maximum absolute atomic E-state index is 13.3. The summed E-state index contributed by atoms with van der Waals surface area (Å²) in [6.07, 6.45) is 2.50. The lowest BCUT2D eigenvalue weighted by Gasteiger charge is -2.25. The summed E-state index contributed by atoms with van der Waals surface area (Å²) in [6, 6.07) is 37.7. The first-order chi connectivity index (χ1) is 17.3. The van der Waals surface area contributed by atoms with Crippen molar-refractivity contribution < 1.29 is 4.79 Å². The Kier molecular flexibility index (Phi) is 7.35. The van der Waals surface area contributed by atoms with Crippen molar-refractivity contribution in [3.8, 4) is 0 Å². The molecule has 1 heterocycles. The van der Waals surface area contributed by atoms with Gasteiger partial charge in [-0.25, -0.2) is 0 Å². The highest BCUT2D eigenvalue weighted by atomic mass is 16.1. The van der Waals surface area contributed by atoms with E-state index in [1.807, 2.05) is 42.5 Å². The lowest BCUT2D eigenvalue weighted by atomic mass is 9.97. The van der Waals surface area contributed by atoms with E-state index in [0.29, 0.717) is 13.0 Å². The third-order valence-electron chi connectivity index (χ3n) is 6.87. The number of benzene rings is 4. The van der Waals surface area contributed by atoms with Crippen molar-refractivity contribution in [1.82, 2.24) is 4.90 Å². The maximum atomic E-state index is 13.3. The van der Waals surface area contributed by atoms with Crippen LogP contribution in [0.2, 0.25) is 0 Å². The van der Waals surface area contributed by atoms with Gasteiger partial charge in [0.2, 0.25) is 0 Å². The first-order valence-corrected chi connectivity index (χ1v) is 12.6. The van der Waals surface area contributed by atoms with E-state index in [1.165, 1.54) is 16.7 Å². The summed E-state index contributed by atoms with van der Waals surface area (Å²) < 4.78 is 0. The van der Waals surface area contributed by atoms with Gasteiger partial charge in [0.1, 0.15) is 0 Å². The van der Waals surface area contributed by atoms with Crippen LogP contribution in [0.5, 0.6) is 0 Å². The molecule has 1 aliphatic heterocycles. The molecule has 0 spiro atoms. The molecule has 3 nitrogen and oxygen atoms in total. The molecular weight excluding hydrogens is 428 g/mol. The van der Waals surface area contributed by atoms with Gasteiger partial charge in [-0.15, -0.1) is 0 Å². The van der Waals surface area contributed by atoms with Crippen LogP contribution in [0, 0.1) is 0 Å². The van der Waals surface area contributed by atoms with E-state index in [0.717, 1.165) is 49.4 Å². The highest BCUT2D eigenvalue weighted by Crippen LogP contribution is 2.26. The molecule has 0 N–H and O–H groups in total. The maximum Gasteiger partial charge on any atom is 0.164 e. The number of Topliss-reactive ketones (excluding diaryl/α,β-unsaturated/α-hetero) is 1. The third-order valence-corrected chi connectivity index (χ3v) is 6.87. The fourth-order valence-corrected chi connectivity index (χ4v) is 4.93. The molecule has 0 aromatic heterocycles. The molecule has 0 aliphatic carbocycles. The second-order valence-electron chi connectivity index (χ2n) is 9.24. The Labute approximate surface area is 208 Å². The Balaban J connectivity index is 1.25. The van der Waals surface area contributed by atoms with Gasteiger partial charge < -0.3 is 4.90 Å². The Bertz CT molecular complexity index is 1200. The minimum atomic E-state index is 0.204. The van der Waals surface area contributed by atoms with Gasteiger partial charge in [0.05, 0.1) is 0 Å². The number of carbonyl (C=O) groups is 1. The summed E-state index contributed by atoms with van der Waals surface area (Å²) in [5, 5.41) is 0. The van der Waals surface area contributed by atoms with Crippen molar-refractivity contribution in [2.75, 3.05) is 24.5 Å². The van der Waals surface area contributed by atoms with Crippen LogP contribution in [0.4, 0.5) is 11.4 Å². The summed E-state index contributed by atoms with van der Waals surface area (Å²) in [7, 11) is 0. The zero-order chi connectivity index (χ0) is 23.9. The molecule has 0 amide bonds. The molecule has 0 saturated heterocycles. The van der Waals surface area contributed by atoms with E-state index >= 15 is 0 Å². The number of hydrogen-bond donors (Lipinski definition) is 0. The molecule has 4 aromatic carbocycles. The van der Waals surface area contributed by atoms with Crippen LogP contribution in [-0.4, -0.2) is 30.3 Å². The number of para-hydroxylation sites is 2. The molecule has 0 fully saturated rings. The molecule has 4 aromatic rings. The number of carbonyl (C=O) groups excluding carboxylic acids is 1. The fraction of sp³-hybridized carbons (Fsp3) is 0.219. The molecule has 176 valence electrons. The van der Waals surface area contributed by atoms with E-state index in [-0.39, 0.29) is 5.78 Å². The van der Waals surface area contributed by atoms with Crippen LogP contribution in [0.3, 0.4) is 0 Å². The number of nitrogens with zero attached hydrogens (tertiary/aromatic N) is 2. The van der Waals surface area contributed by atoms with Gasteiger partial charge in [0.25, 0.3) is 0 Å². The quantitative estimate of drug-likeness (QED) is 0.273. The molecule has 0 unspecified atom stereocenters. The second kappa shape index (κ2) is 11.2. The van der Waals surface area contributed by atoms with Crippen molar-refractivity contribution >= 4 is 17.2 Å². The largest absolute Gasteiger partial charge is 0.341 e. The predicted octanol–water partition coefficient (Wildman–Crippen LogP) is 6.70. The lowest BCUT2D eigenvalue weighted by molar-refractivity contribution is 0.0985. The first kappa shape index (κ1) is 23.1. The van der Waals surface area contributed by atoms with Crippen LogP contribution >= 0.6 is 0 Å². The van der Waals surface area contributed by atoms with Crippen LogP contribution in [0.25, 0.3) is 0 Å². The summed E-state index contributed by atoms with van der Waals surface area (Å²) in [5.74, 6) is 0.204. The van der Waals surface area contributed by atoms with Crippen molar-refractivity contribution in [2.45, 2.75) is 25.8 Å². The van der Waals surface area contributed by atoms with Gasteiger partial charge in [0, 0.05) is 49.5 Å².